The standard InChI is InChI=1S/C18H18ClN3OS/c1-13-6-7-14(2)17(10-13)23-8-9-24-18-21-20-12-22(18)16-5-3-4-15(19)11-16/h3-7,10-12H,8-9H2,1-2H3. The predicted octanol–water partition coefficient (Wildman–Crippen LogP) is 4.71. The summed E-state index contributed by atoms with van der Waals surface area (Å²) in [6.45, 7) is 4.73. The minimum Gasteiger partial charge on any atom is -0.492 e. The lowest BCUT2D eigenvalue weighted by molar-refractivity contribution is 0.341. The van der Waals surface area contributed by atoms with Crippen molar-refractivity contribution in [3.8, 4) is 11.4 Å². The summed E-state index contributed by atoms with van der Waals surface area (Å²) in [6.07, 6.45) is 1.69. The highest BCUT2D eigenvalue weighted by Gasteiger charge is 2.08. The summed E-state index contributed by atoms with van der Waals surface area (Å²) in [4.78, 5) is 0. The zero-order valence-corrected chi connectivity index (χ0v) is 15.1. The van der Waals surface area contributed by atoms with Gasteiger partial charge >= 0.3 is 0 Å². The molecular formula is C18H18ClN3OS. The van der Waals surface area contributed by atoms with Crippen LogP contribution in [0.2, 0.25) is 5.02 Å². The van der Waals surface area contributed by atoms with Gasteiger partial charge in [-0.3, -0.25) is 4.57 Å². The zero-order valence-electron chi connectivity index (χ0n) is 13.6. The molecule has 6 heteroatoms. The first-order chi connectivity index (χ1) is 11.6. The van der Waals surface area contributed by atoms with Crippen molar-refractivity contribution in [1.82, 2.24) is 14.8 Å². The summed E-state index contributed by atoms with van der Waals surface area (Å²) in [5, 5.41) is 9.69. The SMILES string of the molecule is Cc1ccc(C)c(OCCSc2nncn2-c2cccc(Cl)c2)c1. The molecule has 0 bridgehead atoms. The number of thioether (sulfide) groups is 1. The normalized spacial score (nSPS) is 10.8. The Hall–Kier alpha value is -1.98. The van der Waals surface area contributed by atoms with E-state index in [1.807, 2.05) is 28.8 Å². The van der Waals surface area contributed by atoms with Crippen molar-refractivity contribution in [3.63, 3.8) is 0 Å². The van der Waals surface area contributed by atoms with E-state index in [-0.39, 0.29) is 0 Å². The van der Waals surface area contributed by atoms with Crippen LogP contribution in [-0.2, 0) is 0 Å². The molecule has 0 aliphatic rings. The highest BCUT2D eigenvalue weighted by Crippen LogP contribution is 2.23. The Morgan fingerprint density at radius 3 is 2.88 bits per heavy atom. The van der Waals surface area contributed by atoms with Gasteiger partial charge in [0.2, 0.25) is 0 Å². The third kappa shape index (κ3) is 4.10. The highest BCUT2D eigenvalue weighted by molar-refractivity contribution is 7.99. The molecule has 0 atom stereocenters. The summed E-state index contributed by atoms with van der Waals surface area (Å²) in [5.74, 6) is 1.72. The third-order valence-corrected chi connectivity index (χ3v) is 4.66. The van der Waals surface area contributed by atoms with Crippen molar-refractivity contribution >= 4 is 23.4 Å². The molecule has 0 N–H and O–H groups in total. The van der Waals surface area contributed by atoms with E-state index in [1.54, 1.807) is 18.1 Å². The van der Waals surface area contributed by atoms with Crippen LogP contribution < -0.4 is 4.74 Å². The molecule has 0 saturated carbocycles. The fourth-order valence-corrected chi connectivity index (χ4v) is 3.20. The molecule has 3 aromatic rings. The molecule has 2 aromatic carbocycles. The van der Waals surface area contributed by atoms with Gasteiger partial charge in [-0.1, -0.05) is 41.6 Å². The fourth-order valence-electron chi connectivity index (χ4n) is 2.27. The summed E-state index contributed by atoms with van der Waals surface area (Å²) in [6, 6.07) is 13.9. The van der Waals surface area contributed by atoms with Gasteiger partial charge in [-0.05, 0) is 49.2 Å². The second-order valence-electron chi connectivity index (χ2n) is 5.43. The van der Waals surface area contributed by atoms with Gasteiger partial charge in [0.1, 0.15) is 12.1 Å². The van der Waals surface area contributed by atoms with Gasteiger partial charge in [0.15, 0.2) is 5.16 Å². The Morgan fingerprint density at radius 2 is 2.04 bits per heavy atom. The van der Waals surface area contributed by atoms with Gasteiger partial charge in [0, 0.05) is 10.8 Å². The van der Waals surface area contributed by atoms with Crippen LogP contribution in [0, 0.1) is 13.8 Å². The van der Waals surface area contributed by atoms with Crippen LogP contribution in [0.1, 0.15) is 11.1 Å². The maximum absolute atomic E-state index is 6.06. The van der Waals surface area contributed by atoms with E-state index in [9.17, 15) is 0 Å². The maximum Gasteiger partial charge on any atom is 0.195 e. The molecule has 1 heterocycles. The fraction of sp³-hybridized carbons (Fsp3) is 0.222. The number of aromatic nitrogens is 3. The number of hydrogen-bond donors (Lipinski definition) is 0. The van der Waals surface area contributed by atoms with Crippen molar-refractivity contribution in [2.75, 3.05) is 12.4 Å². The Kier molecular flexibility index (Phi) is 5.43. The first-order valence-corrected chi connectivity index (χ1v) is 8.98. The van der Waals surface area contributed by atoms with Crippen molar-refractivity contribution in [1.29, 1.82) is 0 Å². The average molecular weight is 360 g/mol. The number of benzene rings is 2. The van der Waals surface area contributed by atoms with Gasteiger partial charge in [-0.15, -0.1) is 10.2 Å². The number of hydrogen-bond acceptors (Lipinski definition) is 4. The lowest BCUT2D eigenvalue weighted by Gasteiger charge is -2.10. The first kappa shape index (κ1) is 16.9. The molecule has 0 aliphatic heterocycles. The van der Waals surface area contributed by atoms with Crippen LogP contribution in [0.3, 0.4) is 0 Å². The number of halogens is 1. The lowest BCUT2D eigenvalue weighted by atomic mass is 10.1. The maximum atomic E-state index is 6.06. The summed E-state index contributed by atoms with van der Waals surface area (Å²) in [5.41, 5.74) is 3.29. The smallest absolute Gasteiger partial charge is 0.195 e. The quantitative estimate of drug-likeness (QED) is 0.472. The van der Waals surface area contributed by atoms with Crippen molar-refractivity contribution in [2.45, 2.75) is 19.0 Å². The van der Waals surface area contributed by atoms with Crippen LogP contribution >= 0.6 is 23.4 Å². The summed E-state index contributed by atoms with van der Waals surface area (Å²) in [7, 11) is 0. The molecule has 1 aromatic heterocycles. The highest BCUT2D eigenvalue weighted by atomic mass is 35.5. The Bertz CT molecular complexity index is 835. The second kappa shape index (κ2) is 7.73. The van der Waals surface area contributed by atoms with Gasteiger partial charge in [-0.2, -0.15) is 0 Å². The van der Waals surface area contributed by atoms with Crippen LogP contribution in [0.5, 0.6) is 5.75 Å². The average Bonchev–Trinajstić information content (AvgIpc) is 3.03. The molecular weight excluding hydrogens is 342 g/mol. The monoisotopic (exact) mass is 359 g/mol. The molecule has 4 nitrogen and oxygen atoms in total. The molecule has 0 radical (unpaired) electrons. The summed E-state index contributed by atoms with van der Waals surface area (Å²) >= 11 is 7.66. The Labute approximate surface area is 150 Å². The van der Waals surface area contributed by atoms with Gasteiger partial charge in [0.25, 0.3) is 0 Å². The van der Waals surface area contributed by atoms with E-state index in [0.29, 0.717) is 11.6 Å². The number of ether oxygens (including phenoxy) is 1. The van der Waals surface area contributed by atoms with Crippen LogP contribution in [0.25, 0.3) is 5.69 Å². The Morgan fingerprint density at radius 1 is 1.17 bits per heavy atom. The minimum absolute atomic E-state index is 0.608. The minimum atomic E-state index is 0.608. The molecule has 3 rings (SSSR count). The van der Waals surface area contributed by atoms with Crippen LogP contribution in [0.4, 0.5) is 0 Å². The largest absolute Gasteiger partial charge is 0.492 e. The number of aryl methyl sites for hydroxylation is 2. The second-order valence-corrected chi connectivity index (χ2v) is 6.93. The third-order valence-electron chi connectivity index (χ3n) is 3.52. The van der Waals surface area contributed by atoms with Gasteiger partial charge < -0.3 is 4.74 Å². The van der Waals surface area contributed by atoms with Crippen molar-refractivity contribution in [3.05, 3.63) is 64.9 Å². The van der Waals surface area contributed by atoms with E-state index in [4.69, 9.17) is 16.3 Å². The van der Waals surface area contributed by atoms with E-state index in [0.717, 1.165) is 27.9 Å². The zero-order chi connectivity index (χ0) is 16.9. The van der Waals surface area contributed by atoms with E-state index in [2.05, 4.69) is 42.2 Å². The predicted molar refractivity (Wildman–Crippen MR) is 98.5 cm³/mol. The molecule has 0 amide bonds. The van der Waals surface area contributed by atoms with E-state index >= 15 is 0 Å². The van der Waals surface area contributed by atoms with Crippen LogP contribution in [-0.4, -0.2) is 27.1 Å². The number of nitrogens with zero attached hydrogens (tertiary/aromatic N) is 3. The van der Waals surface area contributed by atoms with Crippen LogP contribution in [0.15, 0.2) is 53.9 Å². The van der Waals surface area contributed by atoms with Gasteiger partial charge in [0.05, 0.1) is 12.3 Å². The molecule has 0 fully saturated rings. The molecule has 0 spiro atoms. The topological polar surface area (TPSA) is 39.9 Å². The molecule has 0 saturated heterocycles. The van der Waals surface area contributed by atoms with Crippen molar-refractivity contribution in [2.24, 2.45) is 0 Å². The summed E-state index contributed by atoms with van der Waals surface area (Å²) < 4.78 is 7.81. The molecule has 24 heavy (non-hydrogen) atoms. The van der Waals surface area contributed by atoms with Crippen molar-refractivity contribution < 1.29 is 4.74 Å². The van der Waals surface area contributed by atoms with E-state index in [1.165, 1.54) is 5.56 Å². The molecule has 0 aliphatic carbocycles. The van der Waals surface area contributed by atoms with Gasteiger partial charge in [-0.25, -0.2) is 0 Å². The number of rotatable bonds is 6. The first-order valence-electron chi connectivity index (χ1n) is 7.62. The lowest BCUT2D eigenvalue weighted by Crippen LogP contribution is -2.03. The molecule has 124 valence electrons. The molecule has 0 unspecified atom stereocenters. The Balaban J connectivity index is 1.60. The van der Waals surface area contributed by atoms with E-state index < -0.39 is 0 Å².